The predicted molar refractivity (Wildman–Crippen MR) is 97.6 cm³/mol. The summed E-state index contributed by atoms with van der Waals surface area (Å²) < 4.78 is 1.33. The molecule has 3 aromatic rings. The van der Waals surface area contributed by atoms with Gasteiger partial charge in [0.25, 0.3) is 5.56 Å². The van der Waals surface area contributed by atoms with E-state index in [0.717, 1.165) is 10.5 Å². The summed E-state index contributed by atoms with van der Waals surface area (Å²) in [6, 6.07) is 13.0. The molecule has 0 radical (unpaired) electrons. The van der Waals surface area contributed by atoms with Crippen LogP contribution in [-0.4, -0.2) is 21.7 Å². The van der Waals surface area contributed by atoms with Gasteiger partial charge in [0.2, 0.25) is 5.91 Å². The lowest BCUT2D eigenvalue weighted by molar-refractivity contribution is -0.116. The average Bonchev–Trinajstić information content (AvgIpc) is 2.58. The molecular weight excluding hydrogens is 322 g/mol. The second kappa shape index (κ2) is 6.88. The number of aromatic nitrogens is 2. The molecule has 2 aromatic carbocycles. The van der Waals surface area contributed by atoms with Crippen molar-refractivity contribution < 1.29 is 4.79 Å². The Morgan fingerprint density at radius 1 is 1.25 bits per heavy atom. The van der Waals surface area contributed by atoms with Crippen molar-refractivity contribution in [3.63, 3.8) is 0 Å². The first-order valence-corrected chi connectivity index (χ1v) is 8.69. The topological polar surface area (TPSA) is 64.0 Å². The minimum atomic E-state index is -0.260. The Hall–Kier alpha value is -2.60. The number of aryl methyl sites for hydroxylation is 1. The Morgan fingerprint density at radius 3 is 2.83 bits per heavy atom. The fourth-order valence-corrected chi connectivity index (χ4v) is 2.97. The maximum atomic E-state index is 12.5. The number of hydrogen-bond donors (Lipinski definition) is 1. The molecule has 5 nitrogen and oxygen atoms in total. The number of amides is 1. The summed E-state index contributed by atoms with van der Waals surface area (Å²) in [6.45, 7) is 1.84. The van der Waals surface area contributed by atoms with Gasteiger partial charge in [-0.25, -0.2) is 4.98 Å². The molecule has 0 bridgehead atoms. The molecule has 0 spiro atoms. The van der Waals surface area contributed by atoms with E-state index in [1.807, 2.05) is 49.6 Å². The van der Waals surface area contributed by atoms with Crippen molar-refractivity contribution in [3.8, 4) is 0 Å². The van der Waals surface area contributed by atoms with Gasteiger partial charge >= 0.3 is 0 Å². The van der Waals surface area contributed by atoms with Crippen molar-refractivity contribution >= 4 is 34.3 Å². The molecule has 0 aliphatic heterocycles. The van der Waals surface area contributed by atoms with Crippen LogP contribution in [0.3, 0.4) is 0 Å². The lowest BCUT2D eigenvalue weighted by Crippen LogP contribution is -2.28. The summed E-state index contributed by atoms with van der Waals surface area (Å²) >= 11 is 1.60. The van der Waals surface area contributed by atoms with Crippen LogP contribution in [0.4, 0.5) is 5.69 Å². The van der Waals surface area contributed by atoms with Gasteiger partial charge < -0.3 is 5.32 Å². The Bertz CT molecular complexity index is 966. The molecule has 3 rings (SSSR count). The van der Waals surface area contributed by atoms with E-state index in [2.05, 4.69) is 10.3 Å². The lowest BCUT2D eigenvalue weighted by Gasteiger charge is -2.09. The standard InChI is InChI=1S/C18H17N3O2S/c1-12-5-3-8-15-17(12)19-11-21(18(15)23)10-16(22)20-13-6-4-7-14(9-13)24-2/h3-9,11H,10H2,1-2H3,(H,20,22). The van der Waals surface area contributed by atoms with Crippen LogP contribution in [0.1, 0.15) is 5.56 Å². The second-order valence-electron chi connectivity index (χ2n) is 5.43. The van der Waals surface area contributed by atoms with Gasteiger partial charge in [0, 0.05) is 10.6 Å². The maximum Gasteiger partial charge on any atom is 0.261 e. The molecule has 0 saturated heterocycles. The molecule has 0 atom stereocenters. The van der Waals surface area contributed by atoms with Gasteiger partial charge in [0.05, 0.1) is 17.2 Å². The van der Waals surface area contributed by atoms with Crippen LogP contribution in [0.2, 0.25) is 0 Å². The highest BCUT2D eigenvalue weighted by atomic mass is 32.2. The van der Waals surface area contributed by atoms with E-state index in [0.29, 0.717) is 16.6 Å². The first kappa shape index (κ1) is 16.3. The molecule has 1 aromatic heterocycles. The monoisotopic (exact) mass is 339 g/mol. The molecule has 24 heavy (non-hydrogen) atoms. The number of nitrogens with zero attached hydrogens (tertiary/aromatic N) is 2. The highest BCUT2D eigenvalue weighted by Gasteiger charge is 2.09. The number of hydrogen-bond acceptors (Lipinski definition) is 4. The smallest absolute Gasteiger partial charge is 0.261 e. The molecule has 0 fully saturated rings. The molecule has 0 saturated carbocycles. The average molecular weight is 339 g/mol. The molecule has 6 heteroatoms. The fraction of sp³-hybridized carbons (Fsp3) is 0.167. The van der Waals surface area contributed by atoms with Crippen molar-refractivity contribution in [2.24, 2.45) is 0 Å². The summed E-state index contributed by atoms with van der Waals surface area (Å²) in [5.41, 5.74) is 2.11. The van der Waals surface area contributed by atoms with E-state index >= 15 is 0 Å². The lowest BCUT2D eigenvalue weighted by atomic mass is 10.1. The van der Waals surface area contributed by atoms with Crippen LogP contribution in [0.25, 0.3) is 10.9 Å². The van der Waals surface area contributed by atoms with Crippen molar-refractivity contribution in [2.45, 2.75) is 18.4 Å². The Labute approximate surface area is 143 Å². The second-order valence-corrected chi connectivity index (χ2v) is 6.31. The summed E-state index contributed by atoms with van der Waals surface area (Å²) in [4.78, 5) is 30.1. The third kappa shape index (κ3) is 3.33. The van der Waals surface area contributed by atoms with Crippen LogP contribution in [0.15, 0.2) is 58.5 Å². The van der Waals surface area contributed by atoms with E-state index in [1.54, 1.807) is 17.8 Å². The van der Waals surface area contributed by atoms with E-state index < -0.39 is 0 Å². The minimum Gasteiger partial charge on any atom is -0.324 e. The van der Waals surface area contributed by atoms with E-state index in [9.17, 15) is 9.59 Å². The number of carbonyl (C=O) groups is 1. The van der Waals surface area contributed by atoms with Gasteiger partial charge in [0.1, 0.15) is 6.54 Å². The summed E-state index contributed by atoms with van der Waals surface area (Å²) in [5, 5.41) is 3.33. The van der Waals surface area contributed by atoms with Gasteiger partial charge in [-0.3, -0.25) is 14.2 Å². The van der Waals surface area contributed by atoms with Crippen LogP contribution in [-0.2, 0) is 11.3 Å². The fourth-order valence-electron chi connectivity index (χ4n) is 2.51. The number of nitrogens with one attached hydrogen (secondary N) is 1. The highest BCUT2D eigenvalue weighted by Crippen LogP contribution is 2.19. The van der Waals surface area contributed by atoms with Crippen LogP contribution in [0, 0.1) is 6.92 Å². The van der Waals surface area contributed by atoms with E-state index in [-0.39, 0.29) is 18.0 Å². The van der Waals surface area contributed by atoms with Crippen molar-refractivity contribution in [1.82, 2.24) is 9.55 Å². The molecule has 0 unspecified atom stereocenters. The number of rotatable bonds is 4. The van der Waals surface area contributed by atoms with Gasteiger partial charge in [0.15, 0.2) is 0 Å². The zero-order chi connectivity index (χ0) is 17.1. The molecule has 1 amide bonds. The largest absolute Gasteiger partial charge is 0.324 e. The van der Waals surface area contributed by atoms with Gasteiger partial charge in [-0.15, -0.1) is 11.8 Å². The van der Waals surface area contributed by atoms with Crippen LogP contribution in [0.5, 0.6) is 0 Å². The van der Waals surface area contributed by atoms with Crippen molar-refractivity contribution in [2.75, 3.05) is 11.6 Å². The zero-order valence-electron chi connectivity index (χ0n) is 13.4. The summed E-state index contributed by atoms with van der Waals surface area (Å²) in [5.74, 6) is -0.260. The molecular formula is C18H17N3O2S. The molecule has 1 heterocycles. The first-order valence-electron chi connectivity index (χ1n) is 7.47. The number of benzene rings is 2. The summed E-state index contributed by atoms with van der Waals surface area (Å²) in [7, 11) is 0. The van der Waals surface area contributed by atoms with Gasteiger partial charge in [-0.2, -0.15) is 0 Å². The van der Waals surface area contributed by atoms with Gasteiger partial charge in [-0.1, -0.05) is 18.2 Å². The molecule has 0 aliphatic carbocycles. The number of thioether (sulfide) groups is 1. The van der Waals surface area contributed by atoms with Crippen LogP contribution >= 0.6 is 11.8 Å². The first-order chi connectivity index (χ1) is 11.6. The van der Waals surface area contributed by atoms with E-state index in [1.165, 1.54) is 10.9 Å². The number of anilines is 1. The Morgan fingerprint density at radius 2 is 2.04 bits per heavy atom. The molecule has 1 N–H and O–H groups in total. The number of fused-ring (bicyclic) bond motifs is 1. The Balaban J connectivity index is 1.83. The predicted octanol–water partition coefficient (Wildman–Crippen LogP) is 3.07. The third-order valence-corrected chi connectivity index (χ3v) is 4.45. The maximum absolute atomic E-state index is 12.5. The molecule has 0 aliphatic rings. The van der Waals surface area contributed by atoms with Crippen LogP contribution < -0.4 is 10.9 Å². The number of carbonyl (C=O) groups excluding carboxylic acids is 1. The quantitative estimate of drug-likeness (QED) is 0.742. The normalized spacial score (nSPS) is 10.8. The zero-order valence-corrected chi connectivity index (χ0v) is 14.3. The summed E-state index contributed by atoms with van der Waals surface area (Å²) in [6.07, 6.45) is 3.40. The number of para-hydroxylation sites is 1. The third-order valence-electron chi connectivity index (χ3n) is 3.72. The van der Waals surface area contributed by atoms with Crippen molar-refractivity contribution in [1.29, 1.82) is 0 Å². The highest BCUT2D eigenvalue weighted by molar-refractivity contribution is 7.98. The molecule has 122 valence electrons. The van der Waals surface area contributed by atoms with E-state index in [4.69, 9.17) is 0 Å². The van der Waals surface area contributed by atoms with Gasteiger partial charge in [-0.05, 0) is 43.0 Å². The van der Waals surface area contributed by atoms with Crippen molar-refractivity contribution in [3.05, 3.63) is 64.7 Å². The minimum absolute atomic E-state index is 0.0702. The Kier molecular flexibility index (Phi) is 4.66. The SMILES string of the molecule is CSc1cccc(NC(=O)Cn2cnc3c(C)cccc3c2=O)c1.